The van der Waals surface area contributed by atoms with Crippen molar-refractivity contribution in [2.45, 2.75) is 63.2 Å². The lowest BCUT2D eigenvalue weighted by Crippen LogP contribution is -2.56. The van der Waals surface area contributed by atoms with Crippen LogP contribution < -0.4 is 5.32 Å². The molecule has 20 heavy (non-hydrogen) atoms. The Labute approximate surface area is 131 Å². The van der Waals surface area contributed by atoms with Crippen LogP contribution in [-0.2, 0) is 0 Å². The molecule has 2 fully saturated rings. The molecule has 3 unspecified atom stereocenters. The van der Waals surface area contributed by atoms with Crippen LogP contribution in [0.3, 0.4) is 0 Å². The van der Waals surface area contributed by atoms with Gasteiger partial charge in [0, 0.05) is 28.6 Å². The minimum absolute atomic E-state index is 0.528. The Balaban J connectivity index is 1.82. The van der Waals surface area contributed by atoms with Gasteiger partial charge in [0.25, 0.3) is 0 Å². The van der Waals surface area contributed by atoms with Crippen LogP contribution in [0.4, 0.5) is 0 Å². The third-order valence-corrected chi connectivity index (χ3v) is 5.71. The molecule has 0 saturated carbocycles. The highest BCUT2D eigenvalue weighted by molar-refractivity contribution is 9.10. The average Bonchev–Trinajstić information content (AvgIpc) is 2.45. The molecule has 0 spiro atoms. The molecule has 3 atom stereocenters. The SMILES string of the molecule is CNC1CC2CCCC(C1)N2C(C)c1cccc(Br)c1. The number of piperidine rings is 2. The van der Waals surface area contributed by atoms with E-state index < -0.39 is 0 Å². The lowest BCUT2D eigenvalue weighted by molar-refractivity contribution is -0.00517. The van der Waals surface area contributed by atoms with Gasteiger partial charge in [0.2, 0.25) is 0 Å². The lowest BCUT2D eigenvalue weighted by atomic mass is 9.80. The van der Waals surface area contributed by atoms with E-state index in [2.05, 4.69) is 64.4 Å². The van der Waals surface area contributed by atoms with Gasteiger partial charge < -0.3 is 5.32 Å². The normalized spacial score (nSPS) is 32.0. The minimum Gasteiger partial charge on any atom is -0.317 e. The third-order valence-electron chi connectivity index (χ3n) is 5.22. The zero-order valence-corrected chi connectivity index (χ0v) is 14.1. The summed E-state index contributed by atoms with van der Waals surface area (Å²) in [6.45, 7) is 2.38. The van der Waals surface area contributed by atoms with Crippen molar-refractivity contribution in [3.05, 3.63) is 34.3 Å². The molecule has 2 saturated heterocycles. The van der Waals surface area contributed by atoms with Crippen molar-refractivity contribution in [1.82, 2.24) is 10.2 Å². The molecule has 1 N–H and O–H groups in total. The molecular formula is C17H25BrN2. The van der Waals surface area contributed by atoms with E-state index in [1.54, 1.807) is 0 Å². The van der Waals surface area contributed by atoms with Crippen molar-refractivity contribution in [3.63, 3.8) is 0 Å². The lowest BCUT2D eigenvalue weighted by Gasteiger charge is -2.51. The maximum Gasteiger partial charge on any atom is 0.0326 e. The minimum atomic E-state index is 0.528. The Morgan fingerprint density at radius 3 is 2.55 bits per heavy atom. The van der Waals surface area contributed by atoms with E-state index in [0.717, 1.165) is 18.1 Å². The maximum absolute atomic E-state index is 3.61. The van der Waals surface area contributed by atoms with E-state index in [4.69, 9.17) is 0 Å². The van der Waals surface area contributed by atoms with E-state index in [1.165, 1.54) is 42.1 Å². The summed E-state index contributed by atoms with van der Waals surface area (Å²) in [4.78, 5) is 2.80. The first kappa shape index (κ1) is 14.6. The number of nitrogens with one attached hydrogen (secondary N) is 1. The van der Waals surface area contributed by atoms with Gasteiger partial charge in [0.15, 0.2) is 0 Å². The summed E-state index contributed by atoms with van der Waals surface area (Å²) >= 11 is 3.61. The molecule has 1 aromatic rings. The van der Waals surface area contributed by atoms with Gasteiger partial charge in [-0.1, -0.05) is 34.5 Å². The molecule has 2 nitrogen and oxygen atoms in total. The summed E-state index contributed by atoms with van der Waals surface area (Å²) < 4.78 is 1.19. The Morgan fingerprint density at radius 2 is 1.95 bits per heavy atom. The molecular weight excluding hydrogens is 312 g/mol. The van der Waals surface area contributed by atoms with Crippen LogP contribution >= 0.6 is 15.9 Å². The predicted molar refractivity (Wildman–Crippen MR) is 87.9 cm³/mol. The van der Waals surface area contributed by atoms with Crippen molar-refractivity contribution in [3.8, 4) is 0 Å². The van der Waals surface area contributed by atoms with E-state index in [1.807, 2.05) is 0 Å². The van der Waals surface area contributed by atoms with Gasteiger partial charge in [-0.25, -0.2) is 0 Å². The number of nitrogens with zero attached hydrogens (tertiary/aromatic N) is 1. The molecule has 3 rings (SSSR count). The number of rotatable bonds is 3. The van der Waals surface area contributed by atoms with Crippen molar-refractivity contribution in [1.29, 1.82) is 0 Å². The number of hydrogen-bond donors (Lipinski definition) is 1. The van der Waals surface area contributed by atoms with Crippen molar-refractivity contribution < 1.29 is 0 Å². The fourth-order valence-corrected chi connectivity index (χ4v) is 4.64. The van der Waals surface area contributed by atoms with Crippen LogP contribution in [0.2, 0.25) is 0 Å². The van der Waals surface area contributed by atoms with Crippen molar-refractivity contribution in [2.75, 3.05) is 7.05 Å². The van der Waals surface area contributed by atoms with E-state index in [0.29, 0.717) is 6.04 Å². The summed E-state index contributed by atoms with van der Waals surface area (Å²) in [7, 11) is 2.12. The Hall–Kier alpha value is -0.380. The second-order valence-corrected chi connectivity index (χ2v) is 7.29. The van der Waals surface area contributed by atoms with Gasteiger partial charge in [0.1, 0.15) is 0 Å². The van der Waals surface area contributed by atoms with Gasteiger partial charge >= 0.3 is 0 Å². The van der Waals surface area contributed by atoms with Crippen LogP contribution in [0.1, 0.15) is 50.6 Å². The van der Waals surface area contributed by atoms with Crippen LogP contribution in [0, 0.1) is 0 Å². The molecule has 3 heteroatoms. The smallest absolute Gasteiger partial charge is 0.0326 e. The average molecular weight is 337 g/mol. The molecule has 2 heterocycles. The highest BCUT2D eigenvalue weighted by Crippen LogP contribution is 2.40. The quantitative estimate of drug-likeness (QED) is 0.893. The largest absolute Gasteiger partial charge is 0.317 e. The number of benzene rings is 1. The van der Waals surface area contributed by atoms with E-state index in [9.17, 15) is 0 Å². The summed E-state index contributed by atoms with van der Waals surface area (Å²) in [5.41, 5.74) is 1.44. The molecule has 2 bridgehead atoms. The first-order chi connectivity index (χ1) is 9.69. The summed E-state index contributed by atoms with van der Waals surface area (Å²) in [5.74, 6) is 0. The molecule has 2 aliphatic rings. The van der Waals surface area contributed by atoms with Gasteiger partial charge in [0.05, 0.1) is 0 Å². The Kier molecular flexibility index (Phi) is 4.49. The molecule has 0 amide bonds. The second kappa shape index (κ2) is 6.17. The molecule has 0 aromatic heterocycles. The zero-order chi connectivity index (χ0) is 14.1. The molecule has 1 aromatic carbocycles. The summed E-state index contributed by atoms with van der Waals surface area (Å²) in [6.07, 6.45) is 6.77. The first-order valence-corrected chi connectivity index (χ1v) is 8.68. The Morgan fingerprint density at radius 1 is 1.25 bits per heavy atom. The van der Waals surface area contributed by atoms with Gasteiger partial charge in [-0.2, -0.15) is 0 Å². The first-order valence-electron chi connectivity index (χ1n) is 7.89. The number of fused-ring (bicyclic) bond motifs is 2. The van der Waals surface area contributed by atoms with Gasteiger partial charge in [-0.3, -0.25) is 4.90 Å². The highest BCUT2D eigenvalue weighted by atomic mass is 79.9. The monoisotopic (exact) mass is 336 g/mol. The zero-order valence-electron chi connectivity index (χ0n) is 12.5. The van der Waals surface area contributed by atoms with Crippen molar-refractivity contribution in [2.24, 2.45) is 0 Å². The number of halogens is 1. The third kappa shape index (κ3) is 2.81. The topological polar surface area (TPSA) is 15.3 Å². The van der Waals surface area contributed by atoms with E-state index >= 15 is 0 Å². The van der Waals surface area contributed by atoms with Gasteiger partial charge in [-0.15, -0.1) is 0 Å². The molecule has 0 radical (unpaired) electrons. The molecule has 2 aliphatic heterocycles. The summed E-state index contributed by atoms with van der Waals surface area (Å²) in [6, 6.07) is 11.6. The van der Waals surface area contributed by atoms with Gasteiger partial charge in [-0.05, 0) is 57.4 Å². The Bertz CT molecular complexity index is 448. The fraction of sp³-hybridized carbons (Fsp3) is 0.647. The standard InChI is InChI=1S/C17H25BrN2/c1-12(13-5-3-6-14(18)9-13)20-16-7-4-8-17(20)11-15(10-16)19-2/h3,5-6,9,12,15-17,19H,4,7-8,10-11H2,1-2H3. The van der Waals surface area contributed by atoms with Crippen LogP contribution in [-0.4, -0.2) is 30.1 Å². The molecule has 0 aliphatic carbocycles. The molecule has 110 valence electrons. The van der Waals surface area contributed by atoms with Crippen LogP contribution in [0.25, 0.3) is 0 Å². The van der Waals surface area contributed by atoms with Crippen molar-refractivity contribution >= 4 is 15.9 Å². The predicted octanol–water partition coefficient (Wildman–Crippen LogP) is 4.12. The van der Waals surface area contributed by atoms with Crippen LogP contribution in [0.15, 0.2) is 28.7 Å². The highest BCUT2D eigenvalue weighted by Gasteiger charge is 2.40. The fourth-order valence-electron chi connectivity index (χ4n) is 4.22. The second-order valence-electron chi connectivity index (χ2n) is 6.37. The van der Waals surface area contributed by atoms with E-state index in [-0.39, 0.29) is 0 Å². The summed E-state index contributed by atoms with van der Waals surface area (Å²) in [5, 5.41) is 3.51. The maximum atomic E-state index is 3.61. The number of hydrogen-bond acceptors (Lipinski definition) is 2. The van der Waals surface area contributed by atoms with Crippen LogP contribution in [0.5, 0.6) is 0 Å².